The summed E-state index contributed by atoms with van der Waals surface area (Å²) in [5.41, 5.74) is -0.0806. The molecular formula is C14H15ClFNO3. The molecule has 0 aliphatic carbocycles. The quantitative estimate of drug-likeness (QED) is 0.363. The Morgan fingerprint density at radius 3 is 2.60 bits per heavy atom. The van der Waals surface area contributed by atoms with E-state index in [1.165, 1.54) is 26.1 Å². The number of Topliss-reactive ketones (excluding diaryl/α,β-unsaturated/α-hetero) is 1. The highest BCUT2D eigenvalue weighted by Crippen LogP contribution is 2.23. The molecule has 1 aromatic carbocycles. The average molecular weight is 300 g/mol. The molecule has 0 aromatic heterocycles. The number of esters is 1. The smallest absolute Gasteiger partial charge is 0.322 e. The molecule has 108 valence electrons. The first-order valence-corrected chi connectivity index (χ1v) is 6.39. The summed E-state index contributed by atoms with van der Waals surface area (Å²) in [4.78, 5) is 28.1. The lowest BCUT2D eigenvalue weighted by Gasteiger charge is -2.15. The summed E-state index contributed by atoms with van der Waals surface area (Å²) in [6.45, 7) is 3.24. The highest BCUT2D eigenvalue weighted by atomic mass is 35.5. The van der Waals surface area contributed by atoms with Gasteiger partial charge < -0.3 is 4.74 Å². The maximum Gasteiger partial charge on any atom is 0.322 e. The van der Waals surface area contributed by atoms with E-state index in [0.29, 0.717) is 0 Å². The Hall–Kier alpha value is -1.75. The van der Waals surface area contributed by atoms with E-state index in [4.69, 9.17) is 16.3 Å². The third kappa shape index (κ3) is 3.42. The standard InChI is InChI=1S/C14H15ClFNO3/c1-4-20-14(19)11(8(2)17-3)13(18)12-9(15)6-5-7-10(12)16/h5-7,11H,4H2,1-3H3. The number of aliphatic imine (C=N–C) groups is 1. The maximum absolute atomic E-state index is 13.8. The molecule has 0 amide bonds. The van der Waals surface area contributed by atoms with Gasteiger partial charge in [-0.25, -0.2) is 4.39 Å². The van der Waals surface area contributed by atoms with E-state index in [1.54, 1.807) is 6.92 Å². The fourth-order valence-electron chi connectivity index (χ4n) is 1.70. The Balaban J connectivity index is 3.28. The van der Waals surface area contributed by atoms with Crippen LogP contribution in [0.15, 0.2) is 23.2 Å². The first kappa shape index (κ1) is 16.3. The van der Waals surface area contributed by atoms with Crippen LogP contribution >= 0.6 is 11.6 Å². The van der Waals surface area contributed by atoms with Gasteiger partial charge in [-0.3, -0.25) is 14.6 Å². The second kappa shape index (κ2) is 7.14. The van der Waals surface area contributed by atoms with Gasteiger partial charge in [0.1, 0.15) is 5.82 Å². The number of ether oxygens (including phenoxy) is 1. The first-order chi connectivity index (χ1) is 9.43. The van der Waals surface area contributed by atoms with Gasteiger partial charge in [-0.2, -0.15) is 0 Å². The van der Waals surface area contributed by atoms with Crippen molar-refractivity contribution in [2.24, 2.45) is 10.9 Å². The monoisotopic (exact) mass is 299 g/mol. The Morgan fingerprint density at radius 1 is 1.45 bits per heavy atom. The minimum atomic E-state index is -1.28. The zero-order valence-corrected chi connectivity index (χ0v) is 12.2. The van der Waals surface area contributed by atoms with Crippen molar-refractivity contribution in [2.75, 3.05) is 13.7 Å². The fourth-order valence-corrected chi connectivity index (χ4v) is 1.96. The number of nitrogens with zero attached hydrogens (tertiary/aromatic N) is 1. The summed E-state index contributed by atoms with van der Waals surface area (Å²) in [5, 5.41) is -0.0480. The highest BCUT2D eigenvalue weighted by Gasteiger charge is 2.34. The van der Waals surface area contributed by atoms with Gasteiger partial charge >= 0.3 is 5.97 Å². The van der Waals surface area contributed by atoms with Crippen molar-refractivity contribution in [1.29, 1.82) is 0 Å². The topological polar surface area (TPSA) is 55.7 Å². The van der Waals surface area contributed by atoms with Crippen LogP contribution in [0.3, 0.4) is 0 Å². The number of hydrogen-bond donors (Lipinski definition) is 0. The molecule has 0 bridgehead atoms. The van der Waals surface area contributed by atoms with Crippen LogP contribution in [-0.4, -0.2) is 31.1 Å². The lowest BCUT2D eigenvalue weighted by molar-refractivity contribution is -0.144. The predicted octanol–water partition coefficient (Wildman–Crippen LogP) is 2.93. The summed E-state index contributed by atoms with van der Waals surface area (Å²) in [6.07, 6.45) is 0. The van der Waals surface area contributed by atoms with E-state index in [1.807, 2.05) is 0 Å². The second-order valence-electron chi connectivity index (χ2n) is 4.01. The lowest BCUT2D eigenvalue weighted by atomic mass is 9.93. The molecule has 0 fully saturated rings. The van der Waals surface area contributed by atoms with Gasteiger partial charge in [-0.15, -0.1) is 0 Å². The van der Waals surface area contributed by atoms with Crippen molar-refractivity contribution < 1.29 is 18.7 Å². The molecule has 0 aliphatic heterocycles. The van der Waals surface area contributed by atoms with Crippen molar-refractivity contribution in [3.63, 3.8) is 0 Å². The molecule has 6 heteroatoms. The van der Waals surface area contributed by atoms with E-state index in [-0.39, 0.29) is 22.9 Å². The van der Waals surface area contributed by atoms with Crippen molar-refractivity contribution in [1.82, 2.24) is 0 Å². The average Bonchev–Trinajstić information content (AvgIpc) is 2.38. The molecule has 0 saturated carbocycles. The van der Waals surface area contributed by atoms with E-state index >= 15 is 0 Å². The van der Waals surface area contributed by atoms with Gasteiger partial charge in [0, 0.05) is 12.8 Å². The summed E-state index contributed by atoms with van der Waals surface area (Å²) in [6, 6.07) is 3.88. The molecule has 0 saturated heterocycles. The molecule has 0 spiro atoms. The number of rotatable bonds is 5. The molecule has 0 N–H and O–H groups in total. The number of hydrogen-bond acceptors (Lipinski definition) is 4. The first-order valence-electron chi connectivity index (χ1n) is 6.02. The maximum atomic E-state index is 13.8. The normalized spacial score (nSPS) is 12.9. The summed E-state index contributed by atoms with van der Waals surface area (Å²) < 4.78 is 18.6. The Bertz CT molecular complexity index is 537. The molecule has 0 aliphatic rings. The van der Waals surface area contributed by atoms with Gasteiger partial charge in [0.2, 0.25) is 0 Å². The molecular weight excluding hydrogens is 285 g/mol. The van der Waals surface area contributed by atoms with Crippen LogP contribution in [0.25, 0.3) is 0 Å². The molecule has 0 radical (unpaired) electrons. The van der Waals surface area contributed by atoms with Crippen molar-refractivity contribution in [3.05, 3.63) is 34.6 Å². The number of carbonyl (C=O) groups is 2. The minimum absolute atomic E-state index is 0.0480. The fraction of sp³-hybridized carbons (Fsp3) is 0.357. The van der Waals surface area contributed by atoms with Gasteiger partial charge in [-0.1, -0.05) is 17.7 Å². The zero-order chi connectivity index (χ0) is 15.3. The number of ketones is 1. The molecule has 1 atom stereocenters. The molecule has 1 rings (SSSR count). The molecule has 0 heterocycles. The van der Waals surface area contributed by atoms with Crippen LogP contribution in [-0.2, 0) is 9.53 Å². The predicted molar refractivity (Wildman–Crippen MR) is 74.9 cm³/mol. The molecule has 1 unspecified atom stereocenters. The van der Waals surface area contributed by atoms with Crippen LogP contribution in [0.1, 0.15) is 24.2 Å². The van der Waals surface area contributed by atoms with Gasteiger partial charge in [0.15, 0.2) is 11.7 Å². The summed E-state index contributed by atoms with van der Waals surface area (Å²) in [7, 11) is 1.44. The van der Waals surface area contributed by atoms with Crippen LogP contribution in [0, 0.1) is 11.7 Å². The number of benzene rings is 1. The number of carbonyl (C=O) groups excluding carboxylic acids is 2. The van der Waals surface area contributed by atoms with Gasteiger partial charge in [-0.05, 0) is 26.0 Å². The van der Waals surface area contributed by atoms with E-state index < -0.39 is 23.5 Å². The minimum Gasteiger partial charge on any atom is -0.465 e. The lowest BCUT2D eigenvalue weighted by Crippen LogP contribution is -2.33. The van der Waals surface area contributed by atoms with Crippen molar-refractivity contribution >= 4 is 29.1 Å². The van der Waals surface area contributed by atoms with E-state index in [2.05, 4.69) is 4.99 Å². The summed E-state index contributed by atoms with van der Waals surface area (Å²) >= 11 is 5.85. The summed E-state index contributed by atoms with van der Waals surface area (Å²) in [5.74, 6) is -3.58. The van der Waals surface area contributed by atoms with Crippen molar-refractivity contribution in [3.8, 4) is 0 Å². The largest absolute Gasteiger partial charge is 0.465 e. The molecule has 4 nitrogen and oxygen atoms in total. The SMILES string of the molecule is CCOC(=O)C(C(=O)c1c(F)cccc1Cl)C(C)=NC. The van der Waals surface area contributed by atoms with Crippen LogP contribution in [0.5, 0.6) is 0 Å². The van der Waals surface area contributed by atoms with Gasteiger partial charge in [0.05, 0.1) is 17.2 Å². The molecule has 1 aromatic rings. The second-order valence-corrected chi connectivity index (χ2v) is 4.42. The van der Waals surface area contributed by atoms with Crippen LogP contribution in [0.4, 0.5) is 4.39 Å². The third-order valence-electron chi connectivity index (χ3n) is 2.76. The van der Waals surface area contributed by atoms with Gasteiger partial charge in [0.25, 0.3) is 0 Å². The zero-order valence-electron chi connectivity index (χ0n) is 11.4. The Kier molecular flexibility index (Phi) is 5.82. The third-order valence-corrected chi connectivity index (χ3v) is 3.08. The highest BCUT2D eigenvalue weighted by molar-refractivity contribution is 6.36. The van der Waals surface area contributed by atoms with Crippen molar-refractivity contribution in [2.45, 2.75) is 13.8 Å². The molecule has 20 heavy (non-hydrogen) atoms. The Morgan fingerprint density at radius 2 is 2.10 bits per heavy atom. The van der Waals surface area contributed by atoms with Crippen LogP contribution < -0.4 is 0 Å². The van der Waals surface area contributed by atoms with Crippen LogP contribution in [0.2, 0.25) is 5.02 Å². The Labute approximate surface area is 121 Å². The number of halogens is 2. The van der Waals surface area contributed by atoms with E-state index in [9.17, 15) is 14.0 Å². The van der Waals surface area contributed by atoms with E-state index in [0.717, 1.165) is 6.07 Å².